The number of carbonyl (C=O) groups is 2. The van der Waals surface area contributed by atoms with E-state index in [-0.39, 0.29) is 24.9 Å². The molecule has 0 bridgehead atoms. The predicted octanol–water partition coefficient (Wildman–Crippen LogP) is 1.62. The third kappa shape index (κ3) is 3.45. The number of amides is 1. The summed E-state index contributed by atoms with van der Waals surface area (Å²) in [5, 5.41) is 13.5. The first-order chi connectivity index (χ1) is 12.4. The van der Waals surface area contributed by atoms with Gasteiger partial charge in [0.25, 0.3) is 5.91 Å². The monoisotopic (exact) mass is 358 g/mol. The molecule has 3 rings (SSSR count). The van der Waals surface area contributed by atoms with Gasteiger partial charge in [-0.15, -0.1) is 5.10 Å². The van der Waals surface area contributed by atoms with Crippen LogP contribution in [0.25, 0.3) is 5.69 Å². The van der Waals surface area contributed by atoms with E-state index in [1.165, 1.54) is 4.90 Å². The Morgan fingerprint density at radius 2 is 2.04 bits per heavy atom. The van der Waals surface area contributed by atoms with Gasteiger partial charge in [-0.25, -0.2) is 14.5 Å². The molecule has 0 spiro atoms. The molecule has 1 N–H and O–H groups in total. The van der Waals surface area contributed by atoms with Gasteiger partial charge in [0, 0.05) is 6.54 Å². The second-order valence-electron chi connectivity index (χ2n) is 6.56. The van der Waals surface area contributed by atoms with Gasteiger partial charge in [0.2, 0.25) is 5.82 Å². The van der Waals surface area contributed by atoms with Crippen LogP contribution in [0.1, 0.15) is 41.8 Å². The largest absolute Gasteiger partial charge is 0.479 e. The van der Waals surface area contributed by atoms with E-state index in [0.717, 1.165) is 11.3 Å². The molecule has 1 saturated heterocycles. The Morgan fingerprint density at radius 1 is 1.31 bits per heavy atom. The summed E-state index contributed by atoms with van der Waals surface area (Å²) < 4.78 is 6.82. The highest BCUT2D eigenvalue weighted by atomic mass is 16.5. The minimum atomic E-state index is -1.08. The zero-order valence-electron chi connectivity index (χ0n) is 15.0. The Kier molecular flexibility index (Phi) is 5.03. The summed E-state index contributed by atoms with van der Waals surface area (Å²) in [6.45, 7) is 6.47. The van der Waals surface area contributed by atoms with Crippen molar-refractivity contribution in [1.82, 2.24) is 19.7 Å². The number of rotatable bonds is 4. The van der Waals surface area contributed by atoms with Gasteiger partial charge in [-0.05, 0) is 24.5 Å². The Morgan fingerprint density at radius 3 is 2.73 bits per heavy atom. The van der Waals surface area contributed by atoms with Crippen LogP contribution in [0.15, 0.2) is 24.3 Å². The van der Waals surface area contributed by atoms with E-state index in [0.29, 0.717) is 18.3 Å². The first-order valence-electron chi connectivity index (χ1n) is 8.55. The van der Waals surface area contributed by atoms with Crippen molar-refractivity contribution in [3.63, 3.8) is 0 Å². The summed E-state index contributed by atoms with van der Waals surface area (Å²) in [5.41, 5.74) is 1.99. The number of carboxylic acid groups (broad SMARTS) is 1. The van der Waals surface area contributed by atoms with E-state index >= 15 is 0 Å². The van der Waals surface area contributed by atoms with Crippen LogP contribution in [0.3, 0.4) is 0 Å². The molecule has 1 atom stereocenters. The van der Waals surface area contributed by atoms with Crippen LogP contribution in [0, 0.1) is 6.92 Å². The quantitative estimate of drug-likeness (QED) is 0.892. The lowest BCUT2D eigenvalue weighted by Gasteiger charge is -2.29. The fourth-order valence-electron chi connectivity index (χ4n) is 3.00. The lowest BCUT2D eigenvalue weighted by molar-refractivity contribution is -0.154. The summed E-state index contributed by atoms with van der Waals surface area (Å²) in [5.74, 6) is -0.507. The fraction of sp³-hybridized carbons (Fsp3) is 0.444. The highest BCUT2D eigenvalue weighted by Gasteiger charge is 2.31. The van der Waals surface area contributed by atoms with Crippen LogP contribution in [0.5, 0.6) is 0 Å². The maximum atomic E-state index is 12.7. The molecule has 1 amide bonds. The number of morpholine rings is 1. The summed E-state index contributed by atoms with van der Waals surface area (Å²) in [4.78, 5) is 29.6. The third-order valence-electron chi connectivity index (χ3n) is 4.38. The molecule has 1 aliphatic heterocycles. The van der Waals surface area contributed by atoms with Gasteiger partial charge in [0.1, 0.15) is 5.82 Å². The van der Waals surface area contributed by atoms with Crippen LogP contribution in [0.2, 0.25) is 0 Å². The van der Waals surface area contributed by atoms with Crippen molar-refractivity contribution in [2.45, 2.75) is 32.8 Å². The summed E-state index contributed by atoms with van der Waals surface area (Å²) in [6.07, 6.45) is -1.02. The van der Waals surface area contributed by atoms with E-state index in [9.17, 15) is 9.59 Å². The third-order valence-corrected chi connectivity index (χ3v) is 4.38. The molecule has 138 valence electrons. The Labute approximate surface area is 151 Å². The van der Waals surface area contributed by atoms with Gasteiger partial charge in [-0.1, -0.05) is 32.0 Å². The molecular weight excluding hydrogens is 336 g/mol. The number of aryl methyl sites for hydroxylation is 1. The van der Waals surface area contributed by atoms with E-state index in [2.05, 4.69) is 23.9 Å². The molecule has 1 fully saturated rings. The van der Waals surface area contributed by atoms with Gasteiger partial charge in [-0.2, -0.15) is 0 Å². The van der Waals surface area contributed by atoms with E-state index in [4.69, 9.17) is 9.84 Å². The second kappa shape index (κ2) is 7.25. The van der Waals surface area contributed by atoms with Crippen molar-refractivity contribution in [2.24, 2.45) is 0 Å². The number of nitrogens with zero attached hydrogens (tertiary/aromatic N) is 4. The summed E-state index contributed by atoms with van der Waals surface area (Å²) in [7, 11) is 0. The standard InChI is InChI=1S/C18H22N4O4/c1-11(2)13-6-4-5-7-14(13)22-12(3)19-16(20-22)17(23)21-8-9-26-15(10-21)18(24)25/h4-7,11,15H,8-10H2,1-3H3,(H,24,25). The van der Waals surface area contributed by atoms with Crippen molar-refractivity contribution in [3.05, 3.63) is 41.5 Å². The fourth-order valence-corrected chi connectivity index (χ4v) is 3.00. The maximum Gasteiger partial charge on any atom is 0.334 e. The SMILES string of the molecule is Cc1nc(C(=O)N2CCOC(C(=O)O)C2)nn1-c1ccccc1C(C)C. The van der Waals surface area contributed by atoms with Crippen molar-refractivity contribution in [3.8, 4) is 5.69 Å². The number of aromatic nitrogens is 3. The Bertz CT molecular complexity index is 830. The van der Waals surface area contributed by atoms with Crippen LogP contribution in [-0.2, 0) is 9.53 Å². The van der Waals surface area contributed by atoms with Crippen molar-refractivity contribution >= 4 is 11.9 Å². The zero-order valence-corrected chi connectivity index (χ0v) is 15.0. The molecule has 26 heavy (non-hydrogen) atoms. The molecular formula is C18H22N4O4. The number of aliphatic carboxylic acids is 1. The predicted molar refractivity (Wildman–Crippen MR) is 93.5 cm³/mol. The van der Waals surface area contributed by atoms with Crippen molar-refractivity contribution in [1.29, 1.82) is 0 Å². The summed E-state index contributed by atoms with van der Waals surface area (Å²) in [6, 6.07) is 7.86. The molecule has 1 aliphatic rings. The molecule has 8 heteroatoms. The van der Waals surface area contributed by atoms with Gasteiger partial charge in [0.05, 0.1) is 18.8 Å². The number of benzene rings is 1. The molecule has 0 aliphatic carbocycles. The molecule has 2 aromatic rings. The normalized spacial score (nSPS) is 17.5. The average molecular weight is 358 g/mol. The van der Waals surface area contributed by atoms with E-state index in [1.807, 2.05) is 24.3 Å². The number of carboxylic acids is 1. The van der Waals surface area contributed by atoms with Crippen LogP contribution >= 0.6 is 0 Å². The minimum Gasteiger partial charge on any atom is -0.479 e. The number of carbonyl (C=O) groups excluding carboxylic acids is 1. The van der Waals surface area contributed by atoms with Crippen LogP contribution in [0.4, 0.5) is 0 Å². The number of hydrogen-bond donors (Lipinski definition) is 1. The van der Waals surface area contributed by atoms with E-state index in [1.54, 1.807) is 11.6 Å². The lowest BCUT2D eigenvalue weighted by Crippen LogP contribution is -2.48. The van der Waals surface area contributed by atoms with Crippen LogP contribution < -0.4 is 0 Å². The molecule has 8 nitrogen and oxygen atoms in total. The number of hydrogen-bond acceptors (Lipinski definition) is 5. The second-order valence-corrected chi connectivity index (χ2v) is 6.56. The highest BCUT2D eigenvalue weighted by molar-refractivity contribution is 5.91. The number of para-hydroxylation sites is 1. The van der Waals surface area contributed by atoms with Crippen molar-refractivity contribution in [2.75, 3.05) is 19.7 Å². The van der Waals surface area contributed by atoms with Crippen LogP contribution in [-0.4, -0.2) is 62.4 Å². The molecule has 2 heterocycles. The topological polar surface area (TPSA) is 97.6 Å². The molecule has 1 unspecified atom stereocenters. The van der Waals surface area contributed by atoms with Gasteiger partial charge < -0.3 is 14.7 Å². The molecule has 1 aromatic heterocycles. The van der Waals surface area contributed by atoms with E-state index < -0.39 is 12.1 Å². The Balaban J connectivity index is 1.89. The van der Waals surface area contributed by atoms with Gasteiger partial charge in [-0.3, -0.25) is 4.79 Å². The first-order valence-corrected chi connectivity index (χ1v) is 8.55. The van der Waals surface area contributed by atoms with Gasteiger partial charge >= 0.3 is 5.97 Å². The lowest BCUT2D eigenvalue weighted by atomic mass is 10.0. The molecule has 1 aromatic carbocycles. The number of ether oxygens (including phenoxy) is 1. The minimum absolute atomic E-state index is 0.00959. The zero-order chi connectivity index (χ0) is 18.8. The maximum absolute atomic E-state index is 12.7. The Hall–Kier alpha value is -2.74. The summed E-state index contributed by atoms with van der Waals surface area (Å²) >= 11 is 0. The van der Waals surface area contributed by atoms with Crippen molar-refractivity contribution < 1.29 is 19.4 Å². The first kappa shape index (κ1) is 18.1. The molecule has 0 radical (unpaired) electrons. The van der Waals surface area contributed by atoms with Gasteiger partial charge in [0.15, 0.2) is 6.10 Å². The smallest absolute Gasteiger partial charge is 0.334 e. The average Bonchev–Trinajstić information content (AvgIpc) is 3.02. The highest BCUT2D eigenvalue weighted by Crippen LogP contribution is 2.23. The molecule has 0 saturated carbocycles.